The number of aliphatic hydroxyl groups is 1. The van der Waals surface area contributed by atoms with E-state index in [4.69, 9.17) is 5.11 Å². The van der Waals surface area contributed by atoms with Crippen LogP contribution in [0, 0.1) is 0 Å². The van der Waals surface area contributed by atoms with Crippen LogP contribution in [0.1, 0.15) is 12.0 Å². The molecule has 0 bridgehead atoms. The van der Waals surface area contributed by atoms with Gasteiger partial charge in [0.05, 0.1) is 6.61 Å². The molecule has 84 valence electrons. The summed E-state index contributed by atoms with van der Waals surface area (Å²) in [4.78, 5) is 0. The highest BCUT2D eigenvalue weighted by Gasteiger charge is 2.05. The lowest BCUT2D eigenvalue weighted by molar-refractivity contribution is 0.239. The second kappa shape index (κ2) is 7.74. The fourth-order valence-corrected chi connectivity index (χ4v) is 1.90. The molecule has 0 saturated carbocycles. The number of benzene rings is 1. The van der Waals surface area contributed by atoms with Crippen LogP contribution in [-0.2, 0) is 6.54 Å². The molecule has 1 rings (SSSR count). The lowest BCUT2D eigenvalue weighted by Gasteiger charge is -2.15. The van der Waals surface area contributed by atoms with E-state index in [-0.39, 0.29) is 12.6 Å². The summed E-state index contributed by atoms with van der Waals surface area (Å²) < 4.78 is 0. The molecule has 0 spiro atoms. The lowest BCUT2D eigenvalue weighted by Crippen LogP contribution is -2.32. The molecule has 1 atom stereocenters. The fourth-order valence-electron chi connectivity index (χ4n) is 1.38. The quantitative estimate of drug-likeness (QED) is 0.743. The number of aliphatic hydroxyl groups excluding tert-OH is 1. The van der Waals surface area contributed by atoms with Gasteiger partial charge in [-0.1, -0.05) is 30.3 Å². The van der Waals surface area contributed by atoms with Crippen LogP contribution in [0.15, 0.2) is 30.3 Å². The summed E-state index contributed by atoms with van der Waals surface area (Å²) >= 11 is 1.82. The zero-order valence-electron chi connectivity index (χ0n) is 9.15. The summed E-state index contributed by atoms with van der Waals surface area (Å²) in [6.45, 7) is 1.05. The molecule has 0 amide bonds. The van der Waals surface area contributed by atoms with Crippen molar-refractivity contribution in [1.82, 2.24) is 5.32 Å². The van der Waals surface area contributed by atoms with E-state index in [9.17, 15) is 0 Å². The number of rotatable bonds is 7. The van der Waals surface area contributed by atoms with Crippen molar-refractivity contribution < 1.29 is 5.11 Å². The Labute approximate surface area is 96.1 Å². The molecule has 0 fully saturated rings. The molecular weight excluding hydrogens is 206 g/mol. The highest BCUT2D eigenvalue weighted by Crippen LogP contribution is 2.02. The molecule has 0 aromatic heterocycles. The molecule has 2 N–H and O–H groups in total. The van der Waals surface area contributed by atoms with E-state index < -0.39 is 0 Å². The van der Waals surface area contributed by atoms with Crippen molar-refractivity contribution in [2.75, 3.05) is 18.6 Å². The van der Waals surface area contributed by atoms with E-state index in [1.165, 1.54) is 5.56 Å². The summed E-state index contributed by atoms with van der Waals surface area (Å²) in [7, 11) is 0. The first-order chi connectivity index (χ1) is 7.36. The molecule has 0 aliphatic rings. The van der Waals surface area contributed by atoms with Crippen LogP contribution in [-0.4, -0.2) is 29.8 Å². The first-order valence-electron chi connectivity index (χ1n) is 5.24. The predicted molar refractivity (Wildman–Crippen MR) is 67.2 cm³/mol. The molecule has 0 saturated heterocycles. The van der Waals surface area contributed by atoms with Crippen molar-refractivity contribution in [2.45, 2.75) is 19.0 Å². The van der Waals surface area contributed by atoms with Gasteiger partial charge in [-0.15, -0.1) is 0 Å². The van der Waals surface area contributed by atoms with Crippen LogP contribution in [0.3, 0.4) is 0 Å². The number of hydrogen-bond donors (Lipinski definition) is 2. The highest BCUT2D eigenvalue weighted by molar-refractivity contribution is 7.98. The number of nitrogens with one attached hydrogen (secondary N) is 1. The molecule has 1 unspecified atom stereocenters. The first kappa shape index (κ1) is 12.6. The summed E-state index contributed by atoms with van der Waals surface area (Å²) in [5.74, 6) is 1.09. The summed E-state index contributed by atoms with van der Waals surface area (Å²) in [5, 5.41) is 12.5. The SMILES string of the molecule is CSCCC(CO)NCc1ccccc1. The molecule has 0 aliphatic heterocycles. The van der Waals surface area contributed by atoms with Crippen LogP contribution in [0.25, 0.3) is 0 Å². The Hall–Kier alpha value is -0.510. The van der Waals surface area contributed by atoms with Gasteiger partial charge >= 0.3 is 0 Å². The zero-order chi connectivity index (χ0) is 10.9. The Bertz CT molecular complexity index is 253. The van der Waals surface area contributed by atoms with E-state index in [1.807, 2.05) is 30.0 Å². The largest absolute Gasteiger partial charge is 0.395 e. The average Bonchev–Trinajstić information content (AvgIpc) is 2.31. The van der Waals surface area contributed by atoms with Gasteiger partial charge in [0.15, 0.2) is 0 Å². The average molecular weight is 225 g/mol. The van der Waals surface area contributed by atoms with E-state index in [0.717, 1.165) is 18.7 Å². The van der Waals surface area contributed by atoms with Gasteiger partial charge in [0, 0.05) is 12.6 Å². The van der Waals surface area contributed by atoms with Crippen molar-refractivity contribution in [3.8, 4) is 0 Å². The minimum absolute atomic E-state index is 0.216. The third-order valence-electron chi connectivity index (χ3n) is 2.33. The topological polar surface area (TPSA) is 32.3 Å². The minimum Gasteiger partial charge on any atom is -0.395 e. The smallest absolute Gasteiger partial charge is 0.0585 e. The van der Waals surface area contributed by atoms with Gasteiger partial charge < -0.3 is 10.4 Å². The Balaban J connectivity index is 2.28. The maximum Gasteiger partial charge on any atom is 0.0585 e. The summed E-state index contributed by atoms with van der Waals surface area (Å²) in [6.07, 6.45) is 3.11. The lowest BCUT2D eigenvalue weighted by atomic mass is 10.2. The monoisotopic (exact) mass is 225 g/mol. The zero-order valence-corrected chi connectivity index (χ0v) is 9.96. The standard InChI is InChI=1S/C12H19NOS/c1-15-8-7-12(10-14)13-9-11-5-3-2-4-6-11/h2-6,12-14H,7-10H2,1H3. The Morgan fingerprint density at radius 1 is 1.33 bits per heavy atom. The van der Waals surface area contributed by atoms with Crippen molar-refractivity contribution in [1.29, 1.82) is 0 Å². The van der Waals surface area contributed by atoms with Crippen molar-refractivity contribution in [2.24, 2.45) is 0 Å². The molecule has 15 heavy (non-hydrogen) atoms. The van der Waals surface area contributed by atoms with Gasteiger partial charge in [-0.05, 0) is 24.0 Å². The molecule has 2 nitrogen and oxygen atoms in total. The Kier molecular flexibility index (Phi) is 6.48. The number of hydrogen-bond acceptors (Lipinski definition) is 3. The third-order valence-corrected chi connectivity index (χ3v) is 2.97. The molecule has 0 radical (unpaired) electrons. The van der Waals surface area contributed by atoms with Gasteiger partial charge in [-0.2, -0.15) is 11.8 Å². The van der Waals surface area contributed by atoms with E-state index >= 15 is 0 Å². The summed E-state index contributed by atoms with van der Waals surface area (Å²) in [6, 6.07) is 10.5. The van der Waals surface area contributed by atoms with E-state index in [2.05, 4.69) is 23.7 Å². The van der Waals surface area contributed by atoms with Crippen molar-refractivity contribution in [3.05, 3.63) is 35.9 Å². The molecule has 1 aromatic rings. The third kappa shape index (κ3) is 5.21. The minimum atomic E-state index is 0.216. The van der Waals surface area contributed by atoms with Crippen molar-refractivity contribution in [3.63, 3.8) is 0 Å². The predicted octanol–water partition coefficient (Wildman–Crippen LogP) is 1.89. The fraction of sp³-hybridized carbons (Fsp3) is 0.500. The van der Waals surface area contributed by atoms with E-state index in [1.54, 1.807) is 0 Å². The summed E-state index contributed by atoms with van der Waals surface area (Å²) in [5.41, 5.74) is 1.26. The Morgan fingerprint density at radius 2 is 2.07 bits per heavy atom. The van der Waals surface area contributed by atoms with Gasteiger partial charge in [-0.25, -0.2) is 0 Å². The van der Waals surface area contributed by atoms with Crippen LogP contribution in [0.2, 0.25) is 0 Å². The first-order valence-corrected chi connectivity index (χ1v) is 6.63. The molecule has 0 heterocycles. The second-order valence-corrected chi connectivity index (χ2v) is 4.51. The van der Waals surface area contributed by atoms with Gasteiger partial charge in [0.25, 0.3) is 0 Å². The normalized spacial score (nSPS) is 12.7. The van der Waals surface area contributed by atoms with Gasteiger partial charge in [0.1, 0.15) is 0 Å². The molecule has 1 aromatic carbocycles. The van der Waals surface area contributed by atoms with Gasteiger partial charge in [-0.3, -0.25) is 0 Å². The van der Waals surface area contributed by atoms with Gasteiger partial charge in [0.2, 0.25) is 0 Å². The molecular formula is C12H19NOS. The van der Waals surface area contributed by atoms with Crippen LogP contribution in [0.5, 0.6) is 0 Å². The molecule has 3 heteroatoms. The number of thioether (sulfide) groups is 1. The maximum absolute atomic E-state index is 9.16. The highest BCUT2D eigenvalue weighted by atomic mass is 32.2. The second-order valence-electron chi connectivity index (χ2n) is 3.53. The van der Waals surface area contributed by atoms with Crippen molar-refractivity contribution >= 4 is 11.8 Å². The van der Waals surface area contributed by atoms with E-state index in [0.29, 0.717) is 0 Å². The molecule has 0 aliphatic carbocycles. The van der Waals surface area contributed by atoms with Crippen LogP contribution < -0.4 is 5.32 Å². The van der Waals surface area contributed by atoms with Crippen LogP contribution in [0.4, 0.5) is 0 Å². The maximum atomic E-state index is 9.16. The van der Waals surface area contributed by atoms with Crippen LogP contribution >= 0.6 is 11.8 Å². The Morgan fingerprint density at radius 3 is 2.67 bits per heavy atom.